The van der Waals surface area contributed by atoms with E-state index in [9.17, 15) is 0 Å². The number of methoxy groups -OCH3 is 1. The van der Waals surface area contributed by atoms with Gasteiger partial charge in [0.2, 0.25) is 5.95 Å². The number of hydrogen-bond acceptors (Lipinski definition) is 5. The van der Waals surface area contributed by atoms with Crippen LogP contribution in [-0.4, -0.2) is 41.8 Å². The zero-order valence-corrected chi connectivity index (χ0v) is 13.6. The first-order valence-corrected chi connectivity index (χ1v) is 7.15. The van der Waals surface area contributed by atoms with Crippen LogP contribution in [-0.2, 0) is 11.3 Å². The van der Waals surface area contributed by atoms with Gasteiger partial charge in [0.25, 0.3) is 0 Å². The van der Waals surface area contributed by atoms with Crippen molar-refractivity contribution >= 4 is 5.95 Å². The van der Waals surface area contributed by atoms with Crippen LogP contribution in [0, 0.1) is 0 Å². The zero-order chi connectivity index (χ0) is 15.2. The van der Waals surface area contributed by atoms with E-state index in [-0.39, 0.29) is 5.54 Å². The third-order valence-electron chi connectivity index (χ3n) is 2.93. The summed E-state index contributed by atoms with van der Waals surface area (Å²) in [5.74, 6) is 0.761. The van der Waals surface area contributed by atoms with Gasteiger partial charge in [-0.3, -0.25) is 0 Å². The number of hydrogen-bond donors (Lipinski definition) is 1. The number of nitrogens with zero attached hydrogens (tertiary/aromatic N) is 3. The summed E-state index contributed by atoms with van der Waals surface area (Å²) in [5, 5.41) is 3.43. The van der Waals surface area contributed by atoms with Gasteiger partial charge in [0, 0.05) is 49.7 Å². The summed E-state index contributed by atoms with van der Waals surface area (Å²) < 4.78 is 5.14. The van der Waals surface area contributed by atoms with E-state index in [4.69, 9.17) is 4.74 Å². The molecule has 1 N–H and O–H groups in total. The third-order valence-corrected chi connectivity index (χ3v) is 2.93. The molecule has 0 aliphatic rings. The standard InChI is InChI=1S/C15H28N4O/c1-12(2)19(7-8-20-6)14-16-9-13(10-17-14)11-18-15(3,4)5/h9-10,12,18H,7-8,11H2,1-6H3. The molecule has 20 heavy (non-hydrogen) atoms. The SMILES string of the molecule is COCCN(c1ncc(CNC(C)(C)C)cn1)C(C)C. The van der Waals surface area contributed by atoms with Gasteiger partial charge in [0.05, 0.1) is 6.61 Å². The monoisotopic (exact) mass is 280 g/mol. The number of aromatic nitrogens is 2. The first-order chi connectivity index (χ1) is 9.33. The summed E-state index contributed by atoms with van der Waals surface area (Å²) in [5.41, 5.74) is 1.19. The summed E-state index contributed by atoms with van der Waals surface area (Å²) in [4.78, 5) is 11.1. The lowest BCUT2D eigenvalue weighted by Gasteiger charge is -2.26. The first kappa shape index (κ1) is 16.9. The summed E-state index contributed by atoms with van der Waals surface area (Å²) >= 11 is 0. The van der Waals surface area contributed by atoms with Crippen LogP contribution in [0.15, 0.2) is 12.4 Å². The molecular formula is C15H28N4O. The average molecular weight is 280 g/mol. The molecule has 0 unspecified atom stereocenters. The highest BCUT2D eigenvalue weighted by molar-refractivity contribution is 5.31. The van der Waals surface area contributed by atoms with Crippen molar-refractivity contribution in [1.82, 2.24) is 15.3 Å². The minimum absolute atomic E-state index is 0.0983. The van der Waals surface area contributed by atoms with Gasteiger partial charge in [0.15, 0.2) is 0 Å². The van der Waals surface area contributed by atoms with Crippen LogP contribution >= 0.6 is 0 Å². The molecule has 0 amide bonds. The van der Waals surface area contributed by atoms with E-state index < -0.39 is 0 Å². The van der Waals surface area contributed by atoms with Gasteiger partial charge < -0.3 is 15.0 Å². The predicted molar refractivity (Wildman–Crippen MR) is 83.0 cm³/mol. The van der Waals surface area contributed by atoms with Gasteiger partial charge in [-0.1, -0.05) is 0 Å². The van der Waals surface area contributed by atoms with Crippen LogP contribution in [0.1, 0.15) is 40.2 Å². The van der Waals surface area contributed by atoms with Gasteiger partial charge >= 0.3 is 0 Å². The minimum atomic E-state index is 0.0983. The molecule has 0 aromatic carbocycles. The van der Waals surface area contributed by atoms with Crippen LogP contribution in [0.25, 0.3) is 0 Å². The molecule has 5 nitrogen and oxygen atoms in total. The Labute approximate surface area is 122 Å². The van der Waals surface area contributed by atoms with Gasteiger partial charge in [-0.2, -0.15) is 0 Å². The maximum atomic E-state index is 5.14. The number of ether oxygens (including phenoxy) is 1. The van der Waals surface area contributed by atoms with Crippen molar-refractivity contribution in [1.29, 1.82) is 0 Å². The molecule has 1 heterocycles. The van der Waals surface area contributed by atoms with Crippen molar-refractivity contribution in [3.05, 3.63) is 18.0 Å². The highest BCUT2D eigenvalue weighted by atomic mass is 16.5. The maximum Gasteiger partial charge on any atom is 0.225 e. The Morgan fingerprint density at radius 2 is 1.85 bits per heavy atom. The second kappa shape index (κ2) is 7.55. The van der Waals surface area contributed by atoms with Gasteiger partial charge in [-0.25, -0.2) is 9.97 Å². The van der Waals surface area contributed by atoms with Gasteiger partial charge in [0.1, 0.15) is 0 Å². The molecule has 1 aromatic rings. The van der Waals surface area contributed by atoms with E-state index in [2.05, 4.69) is 54.8 Å². The van der Waals surface area contributed by atoms with Crippen LogP contribution in [0.2, 0.25) is 0 Å². The first-order valence-electron chi connectivity index (χ1n) is 7.15. The van der Waals surface area contributed by atoms with Gasteiger partial charge in [-0.15, -0.1) is 0 Å². The Kier molecular flexibility index (Phi) is 6.36. The Balaban J connectivity index is 2.68. The van der Waals surface area contributed by atoms with E-state index in [0.717, 1.165) is 24.6 Å². The molecule has 0 aliphatic heterocycles. The smallest absolute Gasteiger partial charge is 0.225 e. The molecule has 114 valence electrons. The van der Waals surface area contributed by atoms with Crippen molar-refractivity contribution in [2.75, 3.05) is 25.2 Å². The Hall–Kier alpha value is -1.20. The van der Waals surface area contributed by atoms with Crippen LogP contribution in [0.3, 0.4) is 0 Å². The van der Waals surface area contributed by atoms with Crippen molar-refractivity contribution in [2.24, 2.45) is 0 Å². The highest BCUT2D eigenvalue weighted by Gasteiger charge is 2.13. The molecule has 0 atom stereocenters. The van der Waals surface area contributed by atoms with E-state index >= 15 is 0 Å². The summed E-state index contributed by atoms with van der Waals surface area (Å²) in [6, 6.07) is 0.351. The molecule has 0 saturated heterocycles. The topological polar surface area (TPSA) is 50.3 Å². The molecule has 0 spiro atoms. The van der Waals surface area contributed by atoms with E-state index in [1.807, 2.05) is 12.4 Å². The number of anilines is 1. The summed E-state index contributed by atoms with van der Waals surface area (Å²) in [7, 11) is 1.71. The molecular weight excluding hydrogens is 252 g/mol. The van der Waals surface area contributed by atoms with Crippen LogP contribution < -0.4 is 10.2 Å². The quantitative estimate of drug-likeness (QED) is 0.830. The lowest BCUT2D eigenvalue weighted by atomic mass is 10.1. The Bertz CT molecular complexity index is 384. The largest absolute Gasteiger partial charge is 0.383 e. The summed E-state index contributed by atoms with van der Waals surface area (Å²) in [6.07, 6.45) is 3.78. The molecule has 1 aromatic heterocycles. The van der Waals surface area contributed by atoms with Crippen molar-refractivity contribution in [2.45, 2.75) is 52.7 Å². The molecule has 0 aliphatic carbocycles. The average Bonchev–Trinajstić information content (AvgIpc) is 2.37. The van der Waals surface area contributed by atoms with Crippen molar-refractivity contribution in [3.63, 3.8) is 0 Å². The Morgan fingerprint density at radius 3 is 2.30 bits per heavy atom. The third kappa shape index (κ3) is 5.84. The number of rotatable bonds is 7. The number of nitrogens with one attached hydrogen (secondary N) is 1. The second-order valence-electron chi connectivity index (χ2n) is 6.27. The molecule has 0 saturated carbocycles. The van der Waals surface area contributed by atoms with Crippen LogP contribution in [0.5, 0.6) is 0 Å². The van der Waals surface area contributed by atoms with Crippen molar-refractivity contribution in [3.8, 4) is 0 Å². The lowest BCUT2D eigenvalue weighted by Crippen LogP contribution is -2.36. The minimum Gasteiger partial charge on any atom is -0.383 e. The predicted octanol–water partition coefficient (Wildman–Crippen LogP) is 2.23. The second-order valence-corrected chi connectivity index (χ2v) is 6.27. The normalized spacial score (nSPS) is 11.9. The molecule has 1 rings (SSSR count). The maximum absolute atomic E-state index is 5.14. The zero-order valence-electron chi connectivity index (χ0n) is 13.6. The highest BCUT2D eigenvalue weighted by Crippen LogP contribution is 2.11. The van der Waals surface area contributed by atoms with E-state index in [1.165, 1.54) is 0 Å². The lowest BCUT2D eigenvalue weighted by molar-refractivity contribution is 0.203. The summed E-state index contributed by atoms with van der Waals surface area (Å²) in [6.45, 7) is 13.0. The van der Waals surface area contributed by atoms with Gasteiger partial charge in [-0.05, 0) is 34.6 Å². The van der Waals surface area contributed by atoms with E-state index in [1.54, 1.807) is 7.11 Å². The Morgan fingerprint density at radius 1 is 1.25 bits per heavy atom. The molecule has 0 radical (unpaired) electrons. The fourth-order valence-electron chi connectivity index (χ4n) is 1.73. The molecule has 0 bridgehead atoms. The van der Waals surface area contributed by atoms with Crippen molar-refractivity contribution < 1.29 is 4.74 Å². The molecule has 0 fully saturated rings. The fraction of sp³-hybridized carbons (Fsp3) is 0.733. The van der Waals surface area contributed by atoms with E-state index in [0.29, 0.717) is 12.6 Å². The fourth-order valence-corrected chi connectivity index (χ4v) is 1.73. The molecule has 5 heteroatoms. The van der Waals surface area contributed by atoms with Crippen LogP contribution in [0.4, 0.5) is 5.95 Å².